The Labute approximate surface area is 180 Å². The Morgan fingerprint density at radius 2 is 1.87 bits per heavy atom. The summed E-state index contributed by atoms with van der Waals surface area (Å²) in [6, 6.07) is 13.1. The first-order valence-electron chi connectivity index (χ1n) is 9.20. The van der Waals surface area contributed by atoms with E-state index in [0.717, 1.165) is 17.7 Å². The van der Waals surface area contributed by atoms with E-state index in [9.17, 15) is 13.2 Å². The highest BCUT2D eigenvalue weighted by Crippen LogP contribution is 2.33. The van der Waals surface area contributed by atoms with E-state index < -0.39 is 11.7 Å². The number of aliphatic imine (C=N–C) groups is 1. The molecule has 0 saturated carbocycles. The first-order valence-corrected chi connectivity index (χ1v) is 9.58. The average Bonchev–Trinajstić information content (AvgIpc) is 2.75. The van der Waals surface area contributed by atoms with Crippen molar-refractivity contribution in [2.45, 2.75) is 19.1 Å². The van der Waals surface area contributed by atoms with Crippen LogP contribution in [0.5, 0.6) is 11.6 Å². The minimum absolute atomic E-state index is 0.00321. The molecule has 0 unspecified atom stereocenters. The number of halogens is 4. The Hall–Kier alpha value is -3.17. The van der Waals surface area contributed by atoms with Crippen molar-refractivity contribution < 1.29 is 22.7 Å². The lowest BCUT2D eigenvalue weighted by atomic mass is 10.1. The Balaban J connectivity index is 1.68. The normalized spacial score (nSPS) is 16.4. The van der Waals surface area contributed by atoms with Crippen LogP contribution in [0.2, 0.25) is 5.02 Å². The summed E-state index contributed by atoms with van der Waals surface area (Å²) in [6.45, 7) is 2.01. The highest BCUT2D eigenvalue weighted by Gasteiger charge is 2.31. The molecule has 4 rings (SSSR count). The van der Waals surface area contributed by atoms with Gasteiger partial charge in [-0.3, -0.25) is 9.83 Å². The quantitative estimate of drug-likeness (QED) is 0.588. The second-order valence-corrected chi connectivity index (χ2v) is 7.23. The van der Waals surface area contributed by atoms with Gasteiger partial charge in [-0.05, 0) is 48.9 Å². The van der Waals surface area contributed by atoms with E-state index in [1.54, 1.807) is 25.1 Å². The predicted octanol–water partition coefficient (Wildman–Crippen LogP) is 5.27. The van der Waals surface area contributed by atoms with Gasteiger partial charge < -0.3 is 4.74 Å². The predicted molar refractivity (Wildman–Crippen MR) is 108 cm³/mol. The smallest absolute Gasteiger partial charge is 0.416 e. The highest BCUT2D eigenvalue weighted by atomic mass is 35.5. The van der Waals surface area contributed by atoms with Gasteiger partial charge in [-0.1, -0.05) is 29.8 Å². The molecule has 0 radical (unpaired) electrons. The molecule has 2 heterocycles. The summed E-state index contributed by atoms with van der Waals surface area (Å²) in [7, 11) is 0. The molecule has 0 spiro atoms. The van der Waals surface area contributed by atoms with Crippen LogP contribution in [-0.4, -0.2) is 22.6 Å². The Morgan fingerprint density at radius 1 is 1.10 bits per heavy atom. The highest BCUT2D eigenvalue weighted by molar-refractivity contribution is 6.30. The lowest BCUT2D eigenvalue weighted by Crippen LogP contribution is -2.33. The number of ether oxygens (including phenoxy) is 1. The third-order valence-electron chi connectivity index (χ3n) is 4.46. The molecule has 1 N–H and O–H groups in total. The van der Waals surface area contributed by atoms with E-state index in [-0.39, 0.29) is 24.3 Å². The van der Waals surface area contributed by atoms with Gasteiger partial charge in [-0.2, -0.15) is 18.3 Å². The molecule has 160 valence electrons. The third kappa shape index (κ3) is 4.95. The summed E-state index contributed by atoms with van der Waals surface area (Å²) in [5, 5.41) is 8.56. The number of hydroxylamine groups is 1. The first-order chi connectivity index (χ1) is 14.8. The first kappa shape index (κ1) is 21.1. The molecule has 1 aliphatic rings. The Kier molecular flexibility index (Phi) is 5.79. The third-order valence-corrected chi connectivity index (χ3v) is 4.71. The van der Waals surface area contributed by atoms with Crippen LogP contribution in [0, 0.1) is 6.92 Å². The molecule has 1 aliphatic heterocycles. The molecule has 6 nitrogen and oxygen atoms in total. The van der Waals surface area contributed by atoms with Crippen molar-refractivity contribution in [2.75, 3.05) is 6.61 Å². The zero-order valence-electron chi connectivity index (χ0n) is 16.2. The second-order valence-electron chi connectivity index (χ2n) is 6.79. The average molecular weight is 449 g/mol. The van der Waals surface area contributed by atoms with E-state index in [2.05, 4.69) is 20.7 Å². The summed E-state index contributed by atoms with van der Waals surface area (Å²) < 4.78 is 44.7. The number of rotatable bonds is 4. The number of hydrogen-bond donors (Lipinski definition) is 1. The fourth-order valence-corrected chi connectivity index (χ4v) is 3.08. The van der Waals surface area contributed by atoms with Crippen LogP contribution < -0.4 is 10.2 Å². The van der Waals surface area contributed by atoms with Crippen molar-refractivity contribution in [1.29, 1.82) is 0 Å². The van der Waals surface area contributed by atoms with Gasteiger partial charge >= 0.3 is 6.18 Å². The Morgan fingerprint density at radius 3 is 2.61 bits per heavy atom. The monoisotopic (exact) mass is 448 g/mol. The van der Waals surface area contributed by atoms with E-state index in [1.165, 1.54) is 12.1 Å². The van der Waals surface area contributed by atoms with E-state index >= 15 is 0 Å². The van der Waals surface area contributed by atoms with Crippen molar-refractivity contribution in [3.05, 3.63) is 82.0 Å². The molecule has 0 fully saturated rings. The number of benzene rings is 2. The molecule has 0 bridgehead atoms. The van der Waals surface area contributed by atoms with Crippen molar-refractivity contribution in [1.82, 2.24) is 15.7 Å². The standard InChI is InChI=1S/C21H16ClF3N4O2/c1-12-9-17(19-26-18(11-30-29-19)13-5-7-15(22)8-6-13)20(28-27-12)31-16-4-2-3-14(10-16)21(23,24)25/h2-10,18H,11H2,1H3,(H,26,29)/t18-/m0/s1. The van der Waals surface area contributed by atoms with Crippen LogP contribution in [0.25, 0.3) is 0 Å². The molecule has 0 amide bonds. The summed E-state index contributed by atoms with van der Waals surface area (Å²) in [5.41, 5.74) is 3.77. The number of amidine groups is 1. The molecular formula is C21H16ClF3N4O2. The van der Waals surface area contributed by atoms with Crippen LogP contribution in [0.4, 0.5) is 13.2 Å². The van der Waals surface area contributed by atoms with Crippen LogP contribution in [0.3, 0.4) is 0 Å². The molecule has 31 heavy (non-hydrogen) atoms. The molecule has 0 saturated heterocycles. The topological polar surface area (TPSA) is 68.6 Å². The van der Waals surface area contributed by atoms with Gasteiger partial charge in [-0.15, -0.1) is 5.10 Å². The maximum absolute atomic E-state index is 13.0. The molecular weight excluding hydrogens is 433 g/mol. The maximum atomic E-state index is 13.0. The summed E-state index contributed by atoms with van der Waals surface area (Å²) in [6.07, 6.45) is -4.49. The number of nitrogens with zero attached hydrogens (tertiary/aromatic N) is 3. The molecule has 2 aromatic carbocycles. The van der Waals surface area contributed by atoms with Crippen molar-refractivity contribution >= 4 is 17.4 Å². The Bertz CT molecular complexity index is 1120. The number of aromatic nitrogens is 2. The zero-order chi connectivity index (χ0) is 22.0. The van der Waals surface area contributed by atoms with Gasteiger partial charge in [0.05, 0.1) is 16.8 Å². The fourth-order valence-electron chi connectivity index (χ4n) is 2.96. The van der Waals surface area contributed by atoms with Crippen LogP contribution >= 0.6 is 11.6 Å². The van der Waals surface area contributed by atoms with Crippen molar-refractivity contribution in [3.8, 4) is 11.6 Å². The zero-order valence-corrected chi connectivity index (χ0v) is 16.9. The fraction of sp³-hybridized carbons (Fsp3) is 0.190. The summed E-state index contributed by atoms with van der Waals surface area (Å²) in [5.74, 6) is 0.295. The van der Waals surface area contributed by atoms with Crippen LogP contribution in [0.1, 0.15) is 28.4 Å². The van der Waals surface area contributed by atoms with Gasteiger partial charge in [0.1, 0.15) is 18.4 Å². The number of nitrogens with one attached hydrogen (secondary N) is 1. The van der Waals surface area contributed by atoms with Gasteiger partial charge in [0.25, 0.3) is 0 Å². The summed E-state index contributed by atoms with van der Waals surface area (Å²) >= 11 is 5.95. The van der Waals surface area contributed by atoms with Gasteiger partial charge in [-0.25, -0.2) is 5.48 Å². The van der Waals surface area contributed by atoms with E-state index in [1.807, 2.05) is 12.1 Å². The molecule has 0 aliphatic carbocycles. The lowest BCUT2D eigenvalue weighted by Gasteiger charge is -2.23. The van der Waals surface area contributed by atoms with Crippen molar-refractivity contribution in [3.63, 3.8) is 0 Å². The second kappa shape index (κ2) is 8.52. The molecule has 1 atom stereocenters. The van der Waals surface area contributed by atoms with E-state index in [0.29, 0.717) is 22.1 Å². The van der Waals surface area contributed by atoms with Crippen molar-refractivity contribution in [2.24, 2.45) is 4.99 Å². The minimum atomic E-state index is -4.49. The lowest BCUT2D eigenvalue weighted by molar-refractivity contribution is -0.137. The SMILES string of the molecule is Cc1cc(C2=N[C@H](c3ccc(Cl)cc3)CON2)c(Oc2cccc(C(F)(F)F)c2)nn1. The number of hydrogen-bond acceptors (Lipinski definition) is 6. The largest absolute Gasteiger partial charge is 0.437 e. The van der Waals surface area contributed by atoms with Gasteiger partial charge in [0, 0.05) is 5.02 Å². The van der Waals surface area contributed by atoms with Gasteiger partial charge in [0.2, 0.25) is 5.88 Å². The van der Waals surface area contributed by atoms with Crippen LogP contribution in [0.15, 0.2) is 59.6 Å². The summed E-state index contributed by atoms with van der Waals surface area (Å²) in [4.78, 5) is 10.1. The number of alkyl halides is 3. The molecule has 3 aromatic rings. The van der Waals surface area contributed by atoms with E-state index in [4.69, 9.17) is 21.2 Å². The number of aryl methyl sites for hydroxylation is 1. The van der Waals surface area contributed by atoms with Crippen LogP contribution in [-0.2, 0) is 11.0 Å². The minimum Gasteiger partial charge on any atom is -0.437 e. The van der Waals surface area contributed by atoms with Gasteiger partial charge in [0.15, 0.2) is 5.84 Å². The maximum Gasteiger partial charge on any atom is 0.416 e. The molecule has 10 heteroatoms. The molecule has 1 aromatic heterocycles.